The maximum atomic E-state index is 13.3. The van der Waals surface area contributed by atoms with Gasteiger partial charge in [-0.25, -0.2) is 13.2 Å². The van der Waals surface area contributed by atoms with E-state index in [2.05, 4.69) is 9.88 Å². The summed E-state index contributed by atoms with van der Waals surface area (Å²) in [6.07, 6.45) is 0.745. The molecule has 0 radical (unpaired) electrons. The van der Waals surface area contributed by atoms with Gasteiger partial charge < -0.3 is 4.98 Å². The standard InChI is InChI=1S/C27H30ClN5O4S/c1-3-11-33-24-17-23(29-25(24)26(34)30(2)27(33)35)20-7-9-22(10-8-20)38(36,37)32-14-12-31(13-15-32)18-19-5-4-6-21(28)16-19/h4-10,16-17,29H,3,11-15,18H2,1-2H3. The molecular formula is C27H30ClN5O4S. The van der Waals surface area contributed by atoms with Crippen LogP contribution in [-0.2, 0) is 30.2 Å². The quantitative estimate of drug-likeness (QED) is 0.377. The Bertz CT molecular complexity index is 1700. The summed E-state index contributed by atoms with van der Waals surface area (Å²) >= 11 is 6.09. The number of H-pyrrole nitrogens is 1. The Kier molecular flexibility index (Phi) is 7.32. The third-order valence-corrected chi connectivity index (χ3v) is 9.15. The lowest BCUT2D eigenvalue weighted by Gasteiger charge is -2.34. The minimum atomic E-state index is -3.64. The Morgan fingerprint density at radius 3 is 2.34 bits per heavy atom. The van der Waals surface area contributed by atoms with Crippen molar-refractivity contribution >= 4 is 32.7 Å². The van der Waals surface area contributed by atoms with Gasteiger partial charge in [-0.2, -0.15) is 4.31 Å². The summed E-state index contributed by atoms with van der Waals surface area (Å²) in [6, 6.07) is 16.1. The van der Waals surface area contributed by atoms with Crippen molar-refractivity contribution in [3.05, 3.63) is 86.0 Å². The number of aromatic amines is 1. The Morgan fingerprint density at radius 2 is 1.68 bits per heavy atom. The van der Waals surface area contributed by atoms with E-state index in [0.29, 0.717) is 54.5 Å². The van der Waals surface area contributed by atoms with E-state index < -0.39 is 15.6 Å². The molecule has 0 atom stereocenters. The van der Waals surface area contributed by atoms with E-state index in [4.69, 9.17) is 11.6 Å². The highest BCUT2D eigenvalue weighted by molar-refractivity contribution is 7.89. The number of aromatic nitrogens is 3. The van der Waals surface area contributed by atoms with Gasteiger partial charge in [0, 0.05) is 57.0 Å². The highest BCUT2D eigenvalue weighted by Gasteiger charge is 2.28. The molecule has 0 saturated carbocycles. The Balaban J connectivity index is 1.33. The fourth-order valence-electron chi connectivity index (χ4n) is 4.93. The number of nitrogens with zero attached hydrogens (tertiary/aromatic N) is 4. The van der Waals surface area contributed by atoms with E-state index >= 15 is 0 Å². The zero-order valence-corrected chi connectivity index (χ0v) is 22.9. The lowest BCUT2D eigenvalue weighted by atomic mass is 10.1. The second-order valence-corrected chi connectivity index (χ2v) is 12.0. The molecule has 4 aromatic rings. The topological polar surface area (TPSA) is 100 Å². The second-order valence-electron chi connectivity index (χ2n) is 9.58. The first-order chi connectivity index (χ1) is 18.2. The molecule has 0 amide bonds. The van der Waals surface area contributed by atoms with E-state index in [1.165, 1.54) is 11.4 Å². The molecule has 0 unspecified atom stereocenters. The van der Waals surface area contributed by atoms with Crippen molar-refractivity contribution in [2.45, 2.75) is 31.3 Å². The molecule has 11 heteroatoms. The molecule has 2 aromatic heterocycles. The van der Waals surface area contributed by atoms with Crippen LogP contribution in [0.1, 0.15) is 18.9 Å². The van der Waals surface area contributed by atoms with Gasteiger partial charge in [-0.3, -0.25) is 18.8 Å². The van der Waals surface area contributed by atoms with Gasteiger partial charge in [-0.05, 0) is 47.9 Å². The van der Waals surface area contributed by atoms with E-state index in [9.17, 15) is 18.0 Å². The highest BCUT2D eigenvalue weighted by atomic mass is 35.5. The number of halogens is 1. The van der Waals surface area contributed by atoms with Crippen LogP contribution in [0.3, 0.4) is 0 Å². The number of nitrogens with one attached hydrogen (secondary N) is 1. The molecule has 1 N–H and O–H groups in total. The third kappa shape index (κ3) is 4.96. The summed E-state index contributed by atoms with van der Waals surface area (Å²) in [5.74, 6) is 0. The van der Waals surface area contributed by atoms with Crippen molar-refractivity contribution in [2.75, 3.05) is 26.2 Å². The van der Waals surface area contributed by atoms with Crippen molar-refractivity contribution in [3.8, 4) is 11.3 Å². The summed E-state index contributed by atoms with van der Waals surface area (Å²) in [5.41, 5.74) is 2.62. The van der Waals surface area contributed by atoms with Crippen LogP contribution in [0.4, 0.5) is 0 Å². The first-order valence-electron chi connectivity index (χ1n) is 12.6. The summed E-state index contributed by atoms with van der Waals surface area (Å²) in [5, 5.41) is 0.692. The normalized spacial score (nSPS) is 15.3. The van der Waals surface area contributed by atoms with E-state index in [-0.39, 0.29) is 10.6 Å². The van der Waals surface area contributed by atoms with Gasteiger partial charge in [-0.1, -0.05) is 42.8 Å². The maximum absolute atomic E-state index is 13.3. The predicted molar refractivity (Wildman–Crippen MR) is 149 cm³/mol. The van der Waals surface area contributed by atoms with Crippen LogP contribution in [-0.4, -0.2) is 57.9 Å². The van der Waals surface area contributed by atoms with Gasteiger partial charge in [0.1, 0.15) is 5.52 Å². The minimum Gasteiger partial charge on any atom is -0.349 e. The molecular weight excluding hydrogens is 526 g/mol. The van der Waals surface area contributed by atoms with Crippen LogP contribution >= 0.6 is 11.6 Å². The molecule has 38 heavy (non-hydrogen) atoms. The molecule has 1 fully saturated rings. The summed E-state index contributed by atoms with van der Waals surface area (Å²) < 4.78 is 30.8. The van der Waals surface area contributed by atoms with Crippen LogP contribution in [0.25, 0.3) is 22.3 Å². The van der Waals surface area contributed by atoms with E-state index in [1.54, 1.807) is 34.9 Å². The van der Waals surface area contributed by atoms with E-state index in [0.717, 1.165) is 28.7 Å². The summed E-state index contributed by atoms with van der Waals surface area (Å²) in [4.78, 5) is 30.9. The number of hydrogen-bond donors (Lipinski definition) is 1. The molecule has 1 saturated heterocycles. The van der Waals surface area contributed by atoms with Gasteiger partial charge in [0.2, 0.25) is 10.0 Å². The van der Waals surface area contributed by atoms with Gasteiger partial charge in [0.25, 0.3) is 5.56 Å². The number of sulfonamides is 1. The fraction of sp³-hybridized carbons (Fsp3) is 0.333. The molecule has 200 valence electrons. The predicted octanol–water partition coefficient (Wildman–Crippen LogP) is 3.27. The number of fused-ring (bicyclic) bond motifs is 1. The van der Waals surface area contributed by atoms with Crippen LogP contribution < -0.4 is 11.2 Å². The number of aryl methyl sites for hydroxylation is 1. The van der Waals surface area contributed by atoms with E-state index in [1.807, 2.05) is 31.2 Å². The largest absolute Gasteiger partial charge is 0.349 e. The molecule has 0 spiro atoms. The Hall–Kier alpha value is -3.18. The highest BCUT2D eigenvalue weighted by Crippen LogP contribution is 2.25. The molecule has 1 aliphatic rings. The van der Waals surface area contributed by atoms with Gasteiger partial charge in [0.05, 0.1) is 10.4 Å². The van der Waals surface area contributed by atoms with Crippen molar-refractivity contribution in [2.24, 2.45) is 7.05 Å². The molecule has 3 heterocycles. The maximum Gasteiger partial charge on any atom is 0.331 e. The average molecular weight is 556 g/mol. The van der Waals surface area contributed by atoms with Gasteiger partial charge in [-0.15, -0.1) is 0 Å². The summed E-state index contributed by atoms with van der Waals surface area (Å²) in [6.45, 7) is 5.26. The SMILES string of the molecule is CCCn1c(=O)n(C)c(=O)c2[nH]c(-c3ccc(S(=O)(=O)N4CCN(Cc5cccc(Cl)c5)CC4)cc3)cc21. The molecule has 1 aliphatic heterocycles. The summed E-state index contributed by atoms with van der Waals surface area (Å²) in [7, 11) is -2.18. The number of rotatable bonds is 7. The van der Waals surface area contributed by atoms with Gasteiger partial charge in [0.15, 0.2) is 0 Å². The van der Waals surface area contributed by atoms with Crippen molar-refractivity contribution in [3.63, 3.8) is 0 Å². The molecule has 0 bridgehead atoms. The van der Waals surface area contributed by atoms with Crippen LogP contribution in [0.5, 0.6) is 0 Å². The van der Waals surface area contributed by atoms with Crippen molar-refractivity contribution in [1.29, 1.82) is 0 Å². The average Bonchev–Trinajstić information content (AvgIpc) is 3.36. The van der Waals surface area contributed by atoms with Gasteiger partial charge >= 0.3 is 5.69 Å². The smallest absolute Gasteiger partial charge is 0.331 e. The zero-order valence-electron chi connectivity index (χ0n) is 21.4. The molecule has 0 aliphatic carbocycles. The first-order valence-corrected chi connectivity index (χ1v) is 14.4. The molecule has 2 aromatic carbocycles. The molecule has 5 rings (SSSR count). The number of hydrogen-bond acceptors (Lipinski definition) is 5. The molecule has 9 nitrogen and oxygen atoms in total. The first kappa shape index (κ1) is 26.4. The number of piperazine rings is 1. The minimum absolute atomic E-state index is 0.222. The second kappa shape index (κ2) is 10.5. The Morgan fingerprint density at radius 1 is 0.974 bits per heavy atom. The fourth-order valence-corrected chi connectivity index (χ4v) is 6.57. The van der Waals surface area contributed by atoms with Crippen molar-refractivity contribution < 1.29 is 8.42 Å². The van der Waals surface area contributed by atoms with Crippen molar-refractivity contribution in [1.82, 2.24) is 23.3 Å². The zero-order chi connectivity index (χ0) is 27.0. The van der Waals surface area contributed by atoms with Crippen LogP contribution in [0, 0.1) is 0 Å². The number of benzene rings is 2. The lowest BCUT2D eigenvalue weighted by Crippen LogP contribution is -2.48. The third-order valence-electron chi connectivity index (χ3n) is 7.00. The van der Waals surface area contributed by atoms with Crippen LogP contribution in [0.15, 0.2) is 69.1 Å². The lowest BCUT2D eigenvalue weighted by molar-refractivity contribution is 0.181. The Labute approximate surface area is 225 Å². The van der Waals surface area contributed by atoms with Crippen LogP contribution in [0.2, 0.25) is 5.02 Å². The monoisotopic (exact) mass is 555 g/mol.